The summed E-state index contributed by atoms with van der Waals surface area (Å²) in [5, 5.41) is 12.1. The number of hydrazine groups is 1. The molecular formula is C25H41N5O4. The van der Waals surface area contributed by atoms with Gasteiger partial charge in [-0.25, -0.2) is 5.43 Å². The molecule has 1 aliphatic rings. The van der Waals surface area contributed by atoms with Gasteiger partial charge < -0.3 is 20.2 Å². The molecule has 0 aromatic heterocycles. The molecule has 0 saturated carbocycles. The topological polar surface area (TPSA) is 128 Å². The number of likely N-dealkylation sites (tertiary alicyclic amines) is 1. The number of terminal acetylenes is 1. The van der Waals surface area contributed by atoms with Gasteiger partial charge in [0.25, 0.3) is 0 Å². The van der Waals surface area contributed by atoms with Crippen LogP contribution in [-0.2, 0) is 20.9 Å². The smallest absolute Gasteiger partial charge is 0.241 e. The van der Waals surface area contributed by atoms with Crippen molar-refractivity contribution < 1.29 is 19.5 Å². The van der Waals surface area contributed by atoms with Crippen LogP contribution in [0.5, 0.6) is 0 Å². The summed E-state index contributed by atoms with van der Waals surface area (Å²) < 4.78 is 0. The summed E-state index contributed by atoms with van der Waals surface area (Å²) in [6, 6.07) is 6.83. The predicted octanol–water partition coefficient (Wildman–Crippen LogP) is 0.856. The van der Waals surface area contributed by atoms with Crippen molar-refractivity contribution in [3.8, 4) is 12.3 Å². The van der Waals surface area contributed by atoms with Gasteiger partial charge >= 0.3 is 0 Å². The molecule has 190 valence electrons. The second-order valence-electron chi connectivity index (χ2n) is 8.62. The van der Waals surface area contributed by atoms with Crippen LogP contribution in [0.1, 0.15) is 51.7 Å². The average molecular weight is 476 g/mol. The average Bonchev–Trinajstić information content (AvgIpc) is 3.26. The number of rotatable bonds is 8. The highest BCUT2D eigenvalue weighted by Gasteiger charge is 2.40. The number of aliphatic hydroxyl groups excluding tert-OH is 1. The van der Waals surface area contributed by atoms with E-state index in [-0.39, 0.29) is 18.2 Å². The molecule has 1 saturated heterocycles. The number of hydrogen-bond donors (Lipinski definition) is 4. The molecule has 0 aliphatic carbocycles. The first-order chi connectivity index (χ1) is 16.0. The standard InChI is InChI=1S/C13H26N4O3.C10H9NO.C2H6/c1-13(2,7-10(19)16(3)4)11(15-14)12(20)17-6-5-9(18)8-17;1-2-9-3-5-10(6-4-9)7-11-8-12;1-2/h9,11,15,18H,5-8,14H2,1-4H3;1,3-6,8H,7H2,(H,11,12);1-2H3. The van der Waals surface area contributed by atoms with E-state index in [1.54, 1.807) is 19.0 Å². The van der Waals surface area contributed by atoms with Crippen molar-refractivity contribution in [3.63, 3.8) is 0 Å². The maximum absolute atomic E-state index is 12.5. The lowest BCUT2D eigenvalue weighted by molar-refractivity contribution is -0.138. The van der Waals surface area contributed by atoms with Crippen LogP contribution in [0.25, 0.3) is 0 Å². The van der Waals surface area contributed by atoms with Gasteiger partial charge in [-0.05, 0) is 29.5 Å². The minimum absolute atomic E-state index is 0.0514. The molecule has 1 fully saturated rings. The molecular weight excluding hydrogens is 434 g/mol. The van der Waals surface area contributed by atoms with E-state index in [4.69, 9.17) is 12.3 Å². The number of hydrogen-bond acceptors (Lipinski definition) is 6. The number of benzene rings is 1. The van der Waals surface area contributed by atoms with Crippen LogP contribution in [-0.4, -0.2) is 72.5 Å². The van der Waals surface area contributed by atoms with Crippen molar-refractivity contribution in [1.82, 2.24) is 20.5 Å². The molecule has 0 spiro atoms. The third-order valence-electron chi connectivity index (χ3n) is 5.29. The Morgan fingerprint density at radius 1 is 1.32 bits per heavy atom. The van der Waals surface area contributed by atoms with Crippen LogP contribution in [0.2, 0.25) is 0 Å². The fourth-order valence-electron chi connectivity index (χ4n) is 3.28. The highest BCUT2D eigenvalue weighted by atomic mass is 16.3. The minimum atomic E-state index is -0.656. The Morgan fingerprint density at radius 3 is 2.32 bits per heavy atom. The molecule has 9 nitrogen and oxygen atoms in total. The number of nitrogens with one attached hydrogen (secondary N) is 2. The largest absolute Gasteiger partial charge is 0.391 e. The molecule has 2 rings (SSSR count). The van der Waals surface area contributed by atoms with Gasteiger partial charge in [0.15, 0.2) is 0 Å². The quantitative estimate of drug-likeness (QED) is 0.191. The van der Waals surface area contributed by atoms with Gasteiger partial charge in [-0.1, -0.05) is 45.7 Å². The molecule has 5 N–H and O–H groups in total. The van der Waals surface area contributed by atoms with E-state index < -0.39 is 17.6 Å². The predicted molar refractivity (Wildman–Crippen MR) is 134 cm³/mol. The minimum Gasteiger partial charge on any atom is -0.391 e. The molecule has 9 heteroatoms. The molecule has 2 unspecified atom stereocenters. The lowest BCUT2D eigenvalue weighted by atomic mass is 9.80. The zero-order valence-corrected chi connectivity index (χ0v) is 21.3. The SMILES string of the molecule is C#Cc1ccc(CNC=O)cc1.CC.CN(C)C(=O)CC(C)(C)C(NN)C(=O)N1CCC(O)C1. The van der Waals surface area contributed by atoms with Gasteiger partial charge in [0, 0.05) is 45.7 Å². The zero-order chi connectivity index (χ0) is 26.3. The van der Waals surface area contributed by atoms with Crippen LogP contribution in [0.15, 0.2) is 24.3 Å². The van der Waals surface area contributed by atoms with Crippen LogP contribution in [0.3, 0.4) is 0 Å². The highest BCUT2D eigenvalue weighted by molar-refractivity contribution is 5.84. The number of amides is 3. The number of aliphatic hydroxyl groups is 1. The fraction of sp³-hybridized carbons (Fsp3) is 0.560. The first kappa shape index (κ1) is 31.1. The van der Waals surface area contributed by atoms with Gasteiger partial charge in [0.1, 0.15) is 6.04 Å². The van der Waals surface area contributed by atoms with Crippen molar-refractivity contribution in [1.29, 1.82) is 0 Å². The Balaban J connectivity index is 0.000000662. The van der Waals surface area contributed by atoms with Gasteiger partial charge in [-0.3, -0.25) is 20.2 Å². The van der Waals surface area contributed by atoms with E-state index in [0.717, 1.165) is 11.1 Å². The van der Waals surface area contributed by atoms with E-state index in [9.17, 15) is 19.5 Å². The maximum Gasteiger partial charge on any atom is 0.241 e. The van der Waals surface area contributed by atoms with Crippen molar-refractivity contribution in [2.75, 3.05) is 27.2 Å². The maximum atomic E-state index is 12.5. The van der Waals surface area contributed by atoms with Crippen LogP contribution >= 0.6 is 0 Å². The summed E-state index contributed by atoms with van der Waals surface area (Å²) in [4.78, 5) is 37.4. The molecule has 1 heterocycles. The van der Waals surface area contributed by atoms with Gasteiger partial charge in [0.05, 0.1) is 6.10 Å². The lowest BCUT2D eigenvalue weighted by Crippen LogP contribution is -2.56. The molecule has 34 heavy (non-hydrogen) atoms. The fourth-order valence-corrected chi connectivity index (χ4v) is 3.28. The number of carbonyl (C=O) groups is 3. The third kappa shape index (κ3) is 10.3. The normalized spacial score (nSPS) is 15.5. The number of nitrogens with zero attached hydrogens (tertiary/aromatic N) is 2. The van der Waals surface area contributed by atoms with Gasteiger partial charge in [-0.2, -0.15) is 0 Å². The monoisotopic (exact) mass is 475 g/mol. The Morgan fingerprint density at radius 2 is 1.91 bits per heavy atom. The van der Waals surface area contributed by atoms with Crippen molar-refractivity contribution in [3.05, 3.63) is 35.4 Å². The van der Waals surface area contributed by atoms with E-state index in [1.165, 1.54) is 4.90 Å². The van der Waals surface area contributed by atoms with Crippen LogP contribution in [0, 0.1) is 17.8 Å². The number of carbonyl (C=O) groups excluding carboxylic acids is 3. The molecule has 1 aliphatic heterocycles. The summed E-state index contributed by atoms with van der Waals surface area (Å²) in [6.45, 7) is 9.08. The van der Waals surface area contributed by atoms with E-state index in [0.29, 0.717) is 32.5 Å². The van der Waals surface area contributed by atoms with E-state index in [1.807, 2.05) is 52.0 Å². The van der Waals surface area contributed by atoms with E-state index in [2.05, 4.69) is 16.7 Å². The van der Waals surface area contributed by atoms with Crippen molar-refractivity contribution in [2.45, 2.75) is 59.2 Å². The molecule has 1 aromatic carbocycles. The lowest BCUT2D eigenvalue weighted by Gasteiger charge is -2.35. The summed E-state index contributed by atoms with van der Waals surface area (Å²) >= 11 is 0. The number of nitrogens with two attached hydrogens (primary N) is 1. The Labute approximate surface area is 204 Å². The Bertz CT molecular complexity index is 803. The molecule has 0 bridgehead atoms. The Kier molecular flexibility index (Phi) is 14.5. The second-order valence-corrected chi connectivity index (χ2v) is 8.62. The van der Waals surface area contributed by atoms with Crippen molar-refractivity contribution >= 4 is 18.2 Å². The third-order valence-corrected chi connectivity index (χ3v) is 5.29. The molecule has 3 amide bonds. The van der Waals surface area contributed by atoms with Crippen LogP contribution in [0.4, 0.5) is 0 Å². The Hall–Kier alpha value is -2.93. The summed E-state index contributed by atoms with van der Waals surface area (Å²) in [7, 11) is 3.36. The van der Waals surface area contributed by atoms with Crippen LogP contribution < -0.4 is 16.6 Å². The summed E-state index contributed by atoms with van der Waals surface area (Å²) in [5.74, 6) is 7.83. The van der Waals surface area contributed by atoms with Gasteiger partial charge in [0.2, 0.25) is 18.2 Å². The molecule has 1 aromatic rings. The van der Waals surface area contributed by atoms with Crippen molar-refractivity contribution in [2.24, 2.45) is 11.3 Å². The first-order valence-corrected chi connectivity index (χ1v) is 11.4. The summed E-state index contributed by atoms with van der Waals surface area (Å²) in [5.41, 5.74) is 3.82. The molecule has 0 radical (unpaired) electrons. The first-order valence-electron chi connectivity index (χ1n) is 11.4. The second kappa shape index (κ2) is 15.8. The summed E-state index contributed by atoms with van der Waals surface area (Å²) in [6.07, 6.45) is 6.19. The highest BCUT2D eigenvalue weighted by Crippen LogP contribution is 2.28. The van der Waals surface area contributed by atoms with Gasteiger partial charge in [-0.15, -0.1) is 6.42 Å². The van der Waals surface area contributed by atoms with E-state index >= 15 is 0 Å². The number of β-amino-alcohol motifs (C(OH)–C–C–N with tert-alkyl or cyclic N) is 1. The zero-order valence-electron chi connectivity index (χ0n) is 21.3. The molecule has 2 atom stereocenters.